The van der Waals surface area contributed by atoms with Crippen LogP contribution in [0.5, 0.6) is 0 Å². The van der Waals surface area contributed by atoms with Crippen molar-refractivity contribution in [1.82, 2.24) is 0 Å². The second-order valence-electron chi connectivity index (χ2n) is 5.46. The van der Waals surface area contributed by atoms with Gasteiger partial charge in [-0.2, -0.15) is 0 Å². The van der Waals surface area contributed by atoms with Crippen molar-refractivity contribution >= 4 is 5.71 Å². The Morgan fingerprint density at radius 2 is 2.27 bits per heavy atom. The molecule has 84 valence electrons. The molecule has 3 aliphatic carbocycles. The van der Waals surface area contributed by atoms with E-state index in [9.17, 15) is 0 Å². The quantitative estimate of drug-likeness (QED) is 0.514. The number of hydrogen-bond acceptors (Lipinski definition) is 2. The first-order valence-electron chi connectivity index (χ1n) is 5.83. The van der Waals surface area contributed by atoms with Gasteiger partial charge in [0.25, 0.3) is 0 Å². The predicted molar refractivity (Wildman–Crippen MR) is 62.7 cm³/mol. The molecule has 0 aliphatic heterocycles. The van der Waals surface area contributed by atoms with Gasteiger partial charge in [-0.25, -0.2) is 0 Å². The molecule has 0 N–H and O–H groups in total. The molecule has 0 radical (unpaired) electrons. The molecular formula is C13H21NO. The number of oxime groups is 1. The predicted octanol–water partition coefficient (Wildman–Crippen LogP) is 3.25. The highest BCUT2D eigenvalue weighted by molar-refractivity contribution is 5.91. The lowest BCUT2D eigenvalue weighted by Crippen LogP contribution is -2.56. The Morgan fingerprint density at radius 3 is 2.80 bits per heavy atom. The van der Waals surface area contributed by atoms with Crippen LogP contribution in [0.4, 0.5) is 0 Å². The van der Waals surface area contributed by atoms with Crippen LogP contribution in [0.15, 0.2) is 17.8 Å². The minimum atomic E-state index is 0.440. The summed E-state index contributed by atoms with van der Waals surface area (Å²) in [4.78, 5) is 5.00. The summed E-state index contributed by atoms with van der Waals surface area (Å²) < 4.78 is 0. The summed E-state index contributed by atoms with van der Waals surface area (Å²) in [5.74, 6) is 2.10. The van der Waals surface area contributed by atoms with Crippen LogP contribution >= 0.6 is 0 Å². The van der Waals surface area contributed by atoms with Gasteiger partial charge in [0.05, 0.1) is 5.71 Å². The lowest BCUT2D eigenvalue weighted by atomic mass is 9.46. The second kappa shape index (κ2) is 3.66. The molecule has 0 spiro atoms. The van der Waals surface area contributed by atoms with Crippen LogP contribution < -0.4 is 0 Å². The van der Waals surface area contributed by atoms with Crippen LogP contribution in [0, 0.1) is 23.2 Å². The van der Waals surface area contributed by atoms with Crippen LogP contribution in [0.1, 0.15) is 33.1 Å². The van der Waals surface area contributed by atoms with Crippen LogP contribution in [-0.2, 0) is 4.84 Å². The molecule has 0 amide bonds. The maximum Gasteiger partial charge on any atom is 0.106 e. The number of nitrogens with zero attached hydrogens (tertiary/aromatic N) is 1. The van der Waals surface area contributed by atoms with Crippen molar-refractivity contribution < 1.29 is 4.84 Å². The third-order valence-corrected chi connectivity index (χ3v) is 4.46. The fraction of sp³-hybridized carbons (Fsp3) is 0.769. The van der Waals surface area contributed by atoms with Gasteiger partial charge in [0, 0.05) is 11.8 Å². The zero-order valence-electron chi connectivity index (χ0n) is 9.99. The summed E-state index contributed by atoms with van der Waals surface area (Å²) in [6.45, 7) is 8.55. The summed E-state index contributed by atoms with van der Waals surface area (Å²) in [6, 6.07) is 0. The SMILES string of the molecule is C=CCC1C[C@@H]2C[C@H](/C1=N/OC)C2(C)C. The molecule has 3 fully saturated rings. The Morgan fingerprint density at radius 1 is 1.53 bits per heavy atom. The van der Waals surface area contributed by atoms with Gasteiger partial charge in [-0.1, -0.05) is 25.1 Å². The lowest BCUT2D eigenvalue weighted by Gasteiger charge is -2.58. The lowest BCUT2D eigenvalue weighted by molar-refractivity contribution is -0.0168. The van der Waals surface area contributed by atoms with Gasteiger partial charge in [0.15, 0.2) is 0 Å². The average molecular weight is 207 g/mol. The molecule has 15 heavy (non-hydrogen) atoms. The summed E-state index contributed by atoms with van der Waals surface area (Å²) in [5, 5.41) is 4.27. The fourth-order valence-electron chi connectivity index (χ4n) is 3.33. The molecule has 0 aromatic rings. The van der Waals surface area contributed by atoms with E-state index in [1.165, 1.54) is 18.6 Å². The Hall–Kier alpha value is -0.790. The van der Waals surface area contributed by atoms with Crippen molar-refractivity contribution in [3.8, 4) is 0 Å². The van der Waals surface area contributed by atoms with Gasteiger partial charge in [0.1, 0.15) is 7.11 Å². The van der Waals surface area contributed by atoms with E-state index in [2.05, 4.69) is 25.6 Å². The molecule has 2 bridgehead atoms. The standard InChI is InChI=1S/C13H21NO/c1-5-6-9-7-10-8-11(13(10,2)3)12(9)14-15-4/h5,9-11H,1,6-8H2,2-4H3/b14-12+/t9?,10-,11-/m1/s1. The minimum absolute atomic E-state index is 0.440. The molecule has 3 aliphatic rings. The molecule has 0 aromatic heterocycles. The number of rotatable bonds is 3. The van der Waals surface area contributed by atoms with E-state index in [4.69, 9.17) is 4.84 Å². The van der Waals surface area contributed by atoms with Crippen LogP contribution in [0.2, 0.25) is 0 Å². The molecule has 3 atom stereocenters. The van der Waals surface area contributed by atoms with E-state index in [1.807, 2.05) is 6.08 Å². The maximum atomic E-state index is 5.00. The molecular weight excluding hydrogens is 186 g/mol. The molecule has 0 aromatic carbocycles. The van der Waals surface area contributed by atoms with E-state index in [-0.39, 0.29) is 0 Å². The van der Waals surface area contributed by atoms with Gasteiger partial charge in [-0.3, -0.25) is 0 Å². The Kier molecular flexibility index (Phi) is 2.61. The first-order chi connectivity index (χ1) is 7.11. The van der Waals surface area contributed by atoms with E-state index < -0.39 is 0 Å². The monoisotopic (exact) mass is 207 g/mol. The van der Waals surface area contributed by atoms with Crippen molar-refractivity contribution in [2.45, 2.75) is 33.1 Å². The van der Waals surface area contributed by atoms with Crippen LogP contribution in [0.3, 0.4) is 0 Å². The summed E-state index contributed by atoms with van der Waals surface area (Å²) >= 11 is 0. The number of allylic oxidation sites excluding steroid dienone is 1. The number of hydrogen-bond donors (Lipinski definition) is 0. The normalized spacial score (nSPS) is 39.7. The first kappa shape index (κ1) is 10.7. The smallest absolute Gasteiger partial charge is 0.106 e. The molecule has 2 heteroatoms. The third kappa shape index (κ3) is 1.51. The second-order valence-corrected chi connectivity index (χ2v) is 5.46. The first-order valence-corrected chi connectivity index (χ1v) is 5.83. The maximum absolute atomic E-state index is 5.00. The summed E-state index contributed by atoms with van der Waals surface area (Å²) in [5.41, 5.74) is 1.72. The Balaban J connectivity index is 2.20. The molecule has 2 nitrogen and oxygen atoms in total. The average Bonchev–Trinajstić information content (AvgIpc) is 2.20. The highest BCUT2D eigenvalue weighted by Crippen LogP contribution is 2.59. The summed E-state index contributed by atoms with van der Waals surface area (Å²) in [6.07, 6.45) is 5.62. The van der Waals surface area contributed by atoms with Gasteiger partial charge in [-0.15, -0.1) is 6.58 Å². The number of fused-ring (bicyclic) bond motifs is 2. The highest BCUT2D eigenvalue weighted by atomic mass is 16.6. The van der Waals surface area contributed by atoms with Crippen LogP contribution in [0.25, 0.3) is 0 Å². The van der Waals surface area contributed by atoms with E-state index in [0.717, 1.165) is 12.3 Å². The molecule has 1 unspecified atom stereocenters. The molecule has 0 heterocycles. The van der Waals surface area contributed by atoms with Gasteiger partial charge < -0.3 is 4.84 Å². The molecule has 3 saturated carbocycles. The van der Waals surface area contributed by atoms with E-state index in [0.29, 0.717) is 17.3 Å². The molecule has 3 rings (SSSR count). The van der Waals surface area contributed by atoms with Gasteiger partial charge in [0.2, 0.25) is 0 Å². The van der Waals surface area contributed by atoms with Gasteiger partial charge >= 0.3 is 0 Å². The Labute approximate surface area is 92.4 Å². The van der Waals surface area contributed by atoms with Gasteiger partial charge in [-0.05, 0) is 30.6 Å². The molecule has 0 saturated heterocycles. The Bertz CT molecular complexity index is 293. The van der Waals surface area contributed by atoms with E-state index in [1.54, 1.807) is 7.11 Å². The highest BCUT2D eigenvalue weighted by Gasteiger charge is 2.56. The zero-order valence-corrected chi connectivity index (χ0v) is 9.99. The fourth-order valence-corrected chi connectivity index (χ4v) is 3.33. The zero-order chi connectivity index (χ0) is 11.1. The van der Waals surface area contributed by atoms with Crippen molar-refractivity contribution in [3.05, 3.63) is 12.7 Å². The topological polar surface area (TPSA) is 21.6 Å². The van der Waals surface area contributed by atoms with Crippen molar-refractivity contribution in [2.24, 2.45) is 28.3 Å². The van der Waals surface area contributed by atoms with Crippen molar-refractivity contribution in [2.75, 3.05) is 7.11 Å². The van der Waals surface area contributed by atoms with E-state index >= 15 is 0 Å². The third-order valence-electron chi connectivity index (χ3n) is 4.46. The van der Waals surface area contributed by atoms with Crippen molar-refractivity contribution in [3.63, 3.8) is 0 Å². The minimum Gasteiger partial charge on any atom is -0.399 e. The van der Waals surface area contributed by atoms with Crippen molar-refractivity contribution in [1.29, 1.82) is 0 Å². The van der Waals surface area contributed by atoms with Crippen LogP contribution in [-0.4, -0.2) is 12.8 Å². The summed E-state index contributed by atoms with van der Waals surface area (Å²) in [7, 11) is 1.65. The largest absolute Gasteiger partial charge is 0.399 e.